The third-order valence-corrected chi connectivity index (χ3v) is 5.27. The first kappa shape index (κ1) is 18.9. The van der Waals surface area contributed by atoms with Gasteiger partial charge in [-0.15, -0.1) is 0 Å². The molecule has 0 unspecified atom stereocenters. The van der Waals surface area contributed by atoms with Gasteiger partial charge < -0.3 is 15.5 Å². The smallest absolute Gasteiger partial charge is 0.261 e. The van der Waals surface area contributed by atoms with Crippen molar-refractivity contribution in [3.63, 3.8) is 0 Å². The van der Waals surface area contributed by atoms with Gasteiger partial charge in [0, 0.05) is 38.4 Å². The molecule has 0 spiro atoms. The summed E-state index contributed by atoms with van der Waals surface area (Å²) in [4.78, 5) is 34.4. The molecule has 2 aromatic rings. The number of guanidine groups is 1. The lowest BCUT2D eigenvalue weighted by atomic mass is 10.1. The van der Waals surface area contributed by atoms with Crippen molar-refractivity contribution >= 4 is 23.5 Å². The molecule has 2 aliphatic rings. The molecule has 2 aromatic carbocycles. The van der Waals surface area contributed by atoms with Gasteiger partial charge >= 0.3 is 0 Å². The van der Waals surface area contributed by atoms with Crippen molar-refractivity contribution in [1.29, 1.82) is 0 Å². The molecule has 150 valence electrons. The van der Waals surface area contributed by atoms with Crippen molar-refractivity contribution in [2.75, 3.05) is 44.2 Å². The molecule has 0 bridgehead atoms. The molecular weight excluding hydrogens is 373 g/mol. The van der Waals surface area contributed by atoms with Gasteiger partial charge in [0.1, 0.15) is 5.82 Å². The van der Waals surface area contributed by atoms with Crippen molar-refractivity contribution < 1.29 is 14.0 Å². The van der Waals surface area contributed by atoms with E-state index in [2.05, 4.69) is 9.89 Å². The maximum Gasteiger partial charge on any atom is 0.261 e. The zero-order valence-corrected chi connectivity index (χ0v) is 15.9. The molecule has 8 heteroatoms. The molecule has 0 aromatic heterocycles. The van der Waals surface area contributed by atoms with E-state index < -0.39 is 0 Å². The van der Waals surface area contributed by atoms with E-state index in [-0.39, 0.29) is 30.7 Å². The van der Waals surface area contributed by atoms with Crippen LogP contribution in [0.5, 0.6) is 0 Å². The van der Waals surface area contributed by atoms with Crippen LogP contribution in [0.25, 0.3) is 0 Å². The number of carbonyl (C=O) groups is 2. The second-order valence-electron chi connectivity index (χ2n) is 7.00. The molecule has 1 fully saturated rings. The van der Waals surface area contributed by atoms with Gasteiger partial charge in [-0.05, 0) is 36.4 Å². The molecule has 1 saturated heterocycles. The Kier molecular flexibility index (Phi) is 5.16. The van der Waals surface area contributed by atoms with Crippen LogP contribution in [-0.2, 0) is 0 Å². The van der Waals surface area contributed by atoms with Crippen LogP contribution in [-0.4, -0.2) is 66.8 Å². The zero-order valence-electron chi connectivity index (χ0n) is 15.9. The van der Waals surface area contributed by atoms with Gasteiger partial charge in [0.2, 0.25) is 0 Å². The first-order chi connectivity index (χ1) is 14.0. The molecule has 4 rings (SSSR count). The van der Waals surface area contributed by atoms with E-state index in [0.717, 1.165) is 18.8 Å². The van der Waals surface area contributed by atoms with Crippen LogP contribution in [0, 0.1) is 5.82 Å². The van der Waals surface area contributed by atoms with Gasteiger partial charge in [-0.2, -0.15) is 0 Å². The summed E-state index contributed by atoms with van der Waals surface area (Å²) in [6.07, 6.45) is 0. The Morgan fingerprint density at radius 3 is 2.10 bits per heavy atom. The minimum absolute atomic E-state index is 0.197. The molecular formula is C21H22FN5O2. The summed E-state index contributed by atoms with van der Waals surface area (Å²) in [6, 6.07) is 13.3. The largest absolute Gasteiger partial charge is 0.370 e. The molecule has 0 radical (unpaired) electrons. The number of rotatable bonds is 4. The first-order valence-corrected chi connectivity index (χ1v) is 9.55. The van der Waals surface area contributed by atoms with Crippen LogP contribution in [0.1, 0.15) is 20.7 Å². The Hall–Kier alpha value is -3.42. The Bertz CT molecular complexity index is 917. The Morgan fingerprint density at radius 1 is 0.931 bits per heavy atom. The number of carbonyl (C=O) groups excluding carboxylic acids is 2. The average Bonchev–Trinajstić information content (AvgIpc) is 2.99. The summed E-state index contributed by atoms with van der Waals surface area (Å²) in [7, 11) is 0. The molecule has 7 nitrogen and oxygen atoms in total. The van der Waals surface area contributed by atoms with E-state index in [0.29, 0.717) is 30.2 Å². The summed E-state index contributed by atoms with van der Waals surface area (Å²) in [5, 5.41) is 0. The highest BCUT2D eigenvalue weighted by Crippen LogP contribution is 2.22. The van der Waals surface area contributed by atoms with Gasteiger partial charge in [0.05, 0.1) is 17.7 Å². The van der Waals surface area contributed by atoms with Crippen LogP contribution in [0.4, 0.5) is 10.1 Å². The van der Waals surface area contributed by atoms with Crippen LogP contribution in [0.2, 0.25) is 0 Å². The van der Waals surface area contributed by atoms with Gasteiger partial charge in [-0.3, -0.25) is 19.5 Å². The number of anilines is 1. The standard InChI is InChI=1S/C21H22FN5O2/c22-15-5-7-16(8-6-15)25-11-13-26(14-12-25)21(23)24-9-10-27-19(28)17-3-1-2-4-18(17)20(27)29/h1-8H,9-14H2,(H2,23,24). The number of fused-ring (bicyclic) bond motifs is 1. The third-order valence-electron chi connectivity index (χ3n) is 5.27. The monoisotopic (exact) mass is 395 g/mol. The summed E-state index contributed by atoms with van der Waals surface area (Å²) in [6.45, 7) is 3.35. The highest BCUT2D eigenvalue weighted by molar-refractivity contribution is 6.21. The van der Waals surface area contributed by atoms with Crippen LogP contribution >= 0.6 is 0 Å². The maximum atomic E-state index is 13.1. The molecule has 29 heavy (non-hydrogen) atoms. The van der Waals surface area contributed by atoms with E-state index in [1.54, 1.807) is 36.4 Å². The average molecular weight is 395 g/mol. The Balaban J connectivity index is 1.30. The van der Waals surface area contributed by atoms with Crippen molar-refractivity contribution in [1.82, 2.24) is 9.80 Å². The topological polar surface area (TPSA) is 82.2 Å². The van der Waals surface area contributed by atoms with E-state index >= 15 is 0 Å². The van der Waals surface area contributed by atoms with Crippen molar-refractivity contribution in [3.8, 4) is 0 Å². The van der Waals surface area contributed by atoms with E-state index in [9.17, 15) is 14.0 Å². The lowest BCUT2D eigenvalue weighted by molar-refractivity contribution is 0.0659. The lowest BCUT2D eigenvalue weighted by Crippen LogP contribution is -2.51. The SMILES string of the molecule is NC(=NCCN1C(=O)c2ccccc2C1=O)N1CCN(c2ccc(F)cc2)CC1. The fourth-order valence-electron chi connectivity index (χ4n) is 3.65. The number of hydrogen-bond acceptors (Lipinski definition) is 4. The normalized spacial score (nSPS) is 17.1. The number of piperazine rings is 1. The van der Waals surface area contributed by atoms with Gasteiger partial charge in [0.25, 0.3) is 11.8 Å². The Morgan fingerprint density at radius 2 is 1.52 bits per heavy atom. The summed E-state index contributed by atoms with van der Waals surface area (Å²) < 4.78 is 13.1. The molecule has 2 heterocycles. The predicted octanol–water partition coefficient (Wildman–Crippen LogP) is 1.56. The summed E-state index contributed by atoms with van der Waals surface area (Å²) in [5.41, 5.74) is 7.96. The maximum absolute atomic E-state index is 13.1. The first-order valence-electron chi connectivity index (χ1n) is 9.55. The van der Waals surface area contributed by atoms with Gasteiger partial charge in [-0.1, -0.05) is 12.1 Å². The van der Waals surface area contributed by atoms with E-state index in [1.165, 1.54) is 17.0 Å². The summed E-state index contributed by atoms with van der Waals surface area (Å²) in [5.74, 6) is -0.415. The number of amides is 2. The van der Waals surface area contributed by atoms with Gasteiger partial charge in [0.15, 0.2) is 5.96 Å². The Labute approximate surface area is 168 Å². The fourth-order valence-corrected chi connectivity index (χ4v) is 3.65. The molecule has 2 amide bonds. The molecule has 2 aliphatic heterocycles. The number of halogens is 1. The number of hydrogen-bond donors (Lipinski definition) is 1. The summed E-state index contributed by atoms with van der Waals surface area (Å²) >= 11 is 0. The van der Waals surface area contributed by atoms with Crippen LogP contribution in [0.15, 0.2) is 53.5 Å². The fraction of sp³-hybridized carbons (Fsp3) is 0.286. The number of imide groups is 1. The minimum atomic E-state index is -0.285. The highest BCUT2D eigenvalue weighted by Gasteiger charge is 2.34. The molecule has 0 saturated carbocycles. The third kappa shape index (κ3) is 3.78. The van der Waals surface area contributed by atoms with Crippen molar-refractivity contribution in [2.45, 2.75) is 0 Å². The number of nitrogens with two attached hydrogens (primary N) is 1. The van der Waals surface area contributed by atoms with Crippen molar-refractivity contribution in [2.24, 2.45) is 10.7 Å². The highest BCUT2D eigenvalue weighted by atomic mass is 19.1. The number of aliphatic imine (C=N–C) groups is 1. The van der Waals surface area contributed by atoms with Crippen LogP contribution in [0.3, 0.4) is 0 Å². The molecule has 0 aliphatic carbocycles. The lowest BCUT2D eigenvalue weighted by Gasteiger charge is -2.36. The van der Waals surface area contributed by atoms with Crippen molar-refractivity contribution in [3.05, 3.63) is 65.5 Å². The minimum Gasteiger partial charge on any atom is -0.370 e. The quantitative estimate of drug-likeness (QED) is 0.483. The zero-order chi connectivity index (χ0) is 20.4. The molecule has 2 N–H and O–H groups in total. The number of nitrogens with zero attached hydrogens (tertiary/aromatic N) is 4. The van der Waals surface area contributed by atoms with E-state index in [4.69, 9.17) is 5.73 Å². The van der Waals surface area contributed by atoms with E-state index in [1.807, 2.05) is 4.90 Å². The molecule has 0 atom stereocenters. The van der Waals surface area contributed by atoms with Gasteiger partial charge in [-0.25, -0.2) is 4.39 Å². The second-order valence-corrected chi connectivity index (χ2v) is 7.00. The second kappa shape index (κ2) is 7.90. The predicted molar refractivity (Wildman–Crippen MR) is 108 cm³/mol. The van der Waals surface area contributed by atoms with Crippen LogP contribution < -0.4 is 10.6 Å². The number of benzene rings is 2.